The second kappa shape index (κ2) is 7.19. The van der Waals surface area contributed by atoms with E-state index in [1.165, 1.54) is 5.56 Å². The molecule has 0 atom stereocenters. The lowest BCUT2D eigenvalue weighted by Gasteiger charge is -2.19. The topological polar surface area (TPSA) is 86.5 Å². The number of hydrogen-bond donors (Lipinski definition) is 2. The molecule has 0 unspecified atom stereocenters. The monoisotopic (exact) mass is 344 g/mol. The van der Waals surface area contributed by atoms with Gasteiger partial charge in [0.05, 0.1) is 17.8 Å². The molecule has 2 aromatic carbocycles. The van der Waals surface area contributed by atoms with Crippen molar-refractivity contribution in [3.05, 3.63) is 65.9 Å². The van der Waals surface area contributed by atoms with Crippen LogP contribution in [0.15, 0.2) is 54.7 Å². The number of rotatable bonds is 4. The van der Waals surface area contributed by atoms with Crippen LogP contribution in [0, 0.1) is 11.3 Å². The van der Waals surface area contributed by atoms with E-state index in [1.807, 2.05) is 24.3 Å². The molecule has 2 N–H and O–H groups in total. The minimum atomic E-state index is 0.113. The summed E-state index contributed by atoms with van der Waals surface area (Å²) in [5.74, 6) is 0.977. The predicted molar refractivity (Wildman–Crippen MR) is 103 cm³/mol. The van der Waals surface area contributed by atoms with Crippen LogP contribution in [0.4, 0.5) is 23.1 Å². The third kappa shape index (κ3) is 4.33. The van der Waals surface area contributed by atoms with E-state index < -0.39 is 0 Å². The van der Waals surface area contributed by atoms with E-state index in [-0.39, 0.29) is 5.41 Å². The van der Waals surface area contributed by atoms with Crippen molar-refractivity contribution >= 4 is 23.1 Å². The Bertz CT molecular complexity index is 918. The van der Waals surface area contributed by atoms with Crippen LogP contribution >= 0.6 is 0 Å². The Labute approximate surface area is 152 Å². The molecule has 3 aromatic rings. The molecule has 26 heavy (non-hydrogen) atoms. The second-order valence-corrected chi connectivity index (χ2v) is 6.93. The zero-order valence-electron chi connectivity index (χ0n) is 15.0. The van der Waals surface area contributed by atoms with Crippen LogP contribution < -0.4 is 10.6 Å². The van der Waals surface area contributed by atoms with Gasteiger partial charge in [-0.25, -0.2) is 0 Å². The van der Waals surface area contributed by atoms with E-state index in [4.69, 9.17) is 5.26 Å². The van der Waals surface area contributed by atoms with Gasteiger partial charge >= 0.3 is 0 Å². The Morgan fingerprint density at radius 1 is 0.885 bits per heavy atom. The molecule has 0 amide bonds. The molecule has 0 spiro atoms. The molecule has 0 saturated carbocycles. The molecule has 3 rings (SSSR count). The van der Waals surface area contributed by atoms with Crippen LogP contribution in [0.3, 0.4) is 0 Å². The van der Waals surface area contributed by atoms with E-state index in [1.54, 1.807) is 18.3 Å². The van der Waals surface area contributed by atoms with Crippen molar-refractivity contribution < 1.29 is 0 Å². The summed E-state index contributed by atoms with van der Waals surface area (Å²) in [7, 11) is 0. The lowest BCUT2D eigenvalue weighted by molar-refractivity contribution is 0.590. The van der Waals surface area contributed by atoms with Crippen LogP contribution in [-0.2, 0) is 5.41 Å². The summed E-state index contributed by atoms with van der Waals surface area (Å²) in [6.07, 6.45) is 1.55. The number of aromatic nitrogens is 3. The Hall–Kier alpha value is -3.46. The number of benzene rings is 2. The van der Waals surface area contributed by atoms with E-state index in [2.05, 4.69) is 64.8 Å². The summed E-state index contributed by atoms with van der Waals surface area (Å²) in [6.45, 7) is 6.54. The quantitative estimate of drug-likeness (QED) is 0.723. The zero-order chi connectivity index (χ0) is 18.6. The number of nitrogens with zero attached hydrogens (tertiary/aromatic N) is 4. The van der Waals surface area contributed by atoms with Crippen LogP contribution in [0.1, 0.15) is 31.9 Å². The maximum atomic E-state index is 8.85. The van der Waals surface area contributed by atoms with E-state index in [0.29, 0.717) is 17.3 Å². The maximum Gasteiger partial charge on any atom is 0.249 e. The molecule has 0 aliphatic rings. The largest absolute Gasteiger partial charge is 0.339 e. The highest BCUT2D eigenvalue weighted by atomic mass is 15.3. The van der Waals surface area contributed by atoms with Gasteiger partial charge in [-0.2, -0.15) is 15.3 Å². The highest BCUT2D eigenvalue weighted by molar-refractivity contribution is 5.59. The molecule has 6 nitrogen and oxygen atoms in total. The average molecular weight is 344 g/mol. The number of hydrogen-bond acceptors (Lipinski definition) is 6. The lowest BCUT2D eigenvalue weighted by Crippen LogP contribution is -2.10. The summed E-state index contributed by atoms with van der Waals surface area (Å²) in [5.41, 5.74) is 3.71. The van der Waals surface area contributed by atoms with Crippen LogP contribution in [0.2, 0.25) is 0 Å². The fourth-order valence-electron chi connectivity index (χ4n) is 2.38. The maximum absolute atomic E-state index is 8.85. The normalized spacial score (nSPS) is 10.8. The Morgan fingerprint density at radius 2 is 1.50 bits per heavy atom. The fourth-order valence-corrected chi connectivity index (χ4v) is 2.38. The van der Waals surface area contributed by atoms with Crippen molar-refractivity contribution in [2.24, 2.45) is 0 Å². The molecule has 0 bridgehead atoms. The summed E-state index contributed by atoms with van der Waals surface area (Å²) in [5, 5.41) is 23.2. The van der Waals surface area contributed by atoms with Crippen molar-refractivity contribution in [1.82, 2.24) is 15.2 Å². The molecule has 1 heterocycles. The third-order valence-corrected chi connectivity index (χ3v) is 3.85. The second-order valence-electron chi connectivity index (χ2n) is 6.93. The summed E-state index contributed by atoms with van der Waals surface area (Å²) < 4.78 is 0. The van der Waals surface area contributed by atoms with Gasteiger partial charge < -0.3 is 10.6 Å². The van der Waals surface area contributed by atoms with Gasteiger partial charge in [0.15, 0.2) is 5.82 Å². The summed E-state index contributed by atoms with van der Waals surface area (Å²) in [4.78, 5) is 4.42. The summed E-state index contributed by atoms with van der Waals surface area (Å²) >= 11 is 0. The molecule has 0 radical (unpaired) electrons. The van der Waals surface area contributed by atoms with Gasteiger partial charge in [-0.15, -0.1) is 5.10 Å². The predicted octanol–water partition coefficient (Wildman–Crippen LogP) is 4.53. The Kier molecular flexibility index (Phi) is 4.81. The van der Waals surface area contributed by atoms with Gasteiger partial charge in [-0.05, 0) is 47.4 Å². The van der Waals surface area contributed by atoms with Crippen LogP contribution in [0.5, 0.6) is 0 Å². The summed E-state index contributed by atoms with van der Waals surface area (Å²) in [6, 6.07) is 17.4. The molecule has 6 heteroatoms. The van der Waals surface area contributed by atoms with Crippen molar-refractivity contribution in [3.63, 3.8) is 0 Å². The molecule has 0 aliphatic carbocycles. The van der Waals surface area contributed by atoms with Crippen molar-refractivity contribution in [3.8, 4) is 6.07 Å². The molecule has 0 saturated heterocycles. The zero-order valence-corrected chi connectivity index (χ0v) is 15.0. The van der Waals surface area contributed by atoms with Gasteiger partial charge in [0.25, 0.3) is 0 Å². The van der Waals surface area contributed by atoms with Gasteiger partial charge in [-0.3, -0.25) is 0 Å². The third-order valence-electron chi connectivity index (χ3n) is 3.85. The smallest absolute Gasteiger partial charge is 0.249 e. The first-order chi connectivity index (χ1) is 12.4. The van der Waals surface area contributed by atoms with Crippen LogP contribution in [0.25, 0.3) is 0 Å². The number of nitrogens with one attached hydrogen (secondary N) is 2. The molecule has 1 aromatic heterocycles. The number of anilines is 4. The molecule has 0 aliphatic heterocycles. The first-order valence-electron chi connectivity index (χ1n) is 8.28. The lowest BCUT2D eigenvalue weighted by atomic mass is 9.87. The molecule has 0 fully saturated rings. The molecular formula is C20H20N6. The van der Waals surface area contributed by atoms with Crippen molar-refractivity contribution in [2.45, 2.75) is 26.2 Å². The van der Waals surface area contributed by atoms with Crippen molar-refractivity contribution in [1.29, 1.82) is 5.26 Å². The Balaban J connectivity index is 1.71. The van der Waals surface area contributed by atoms with Crippen LogP contribution in [-0.4, -0.2) is 15.2 Å². The fraction of sp³-hybridized carbons (Fsp3) is 0.200. The first-order valence-corrected chi connectivity index (χ1v) is 8.28. The minimum absolute atomic E-state index is 0.113. The van der Waals surface area contributed by atoms with Gasteiger partial charge in [0.1, 0.15) is 0 Å². The molecular weight excluding hydrogens is 324 g/mol. The standard InChI is InChI=1S/C20H20N6/c1-20(2,3)15-6-10-17(11-7-15)24-19-25-18(13-22-26-19)23-16-8-4-14(12-21)5-9-16/h4-11,13H,1-3H3,(H2,23,24,25,26). The average Bonchev–Trinajstić information content (AvgIpc) is 2.62. The number of nitriles is 1. The van der Waals surface area contributed by atoms with E-state index >= 15 is 0 Å². The highest BCUT2D eigenvalue weighted by Crippen LogP contribution is 2.24. The first kappa shape index (κ1) is 17.4. The Morgan fingerprint density at radius 3 is 2.12 bits per heavy atom. The minimum Gasteiger partial charge on any atom is -0.339 e. The van der Waals surface area contributed by atoms with E-state index in [9.17, 15) is 0 Å². The van der Waals surface area contributed by atoms with Gasteiger partial charge in [0, 0.05) is 11.4 Å². The SMILES string of the molecule is CC(C)(C)c1ccc(Nc2nncc(Nc3ccc(C#N)cc3)n2)cc1. The highest BCUT2D eigenvalue weighted by Gasteiger charge is 2.13. The van der Waals surface area contributed by atoms with E-state index in [0.717, 1.165) is 11.4 Å². The van der Waals surface area contributed by atoms with Crippen molar-refractivity contribution in [2.75, 3.05) is 10.6 Å². The van der Waals surface area contributed by atoms with Gasteiger partial charge in [-0.1, -0.05) is 32.9 Å². The van der Waals surface area contributed by atoms with Gasteiger partial charge in [0.2, 0.25) is 5.95 Å². The molecule has 130 valence electrons.